The fraction of sp³-hybridized carbons (Fsp3) is 0.333. The van der Waals surface area contributed by atoms with Gasteiger partial charge in [-0.3, -0.25) is 0 Å². The number of rotatable bonds is 2. The van der Waals surface area contributed by atoms with E-state index in [0.717, 1.165) is 19.5 Å². The van der Waals surface area contributed by atoms with Gasteiger partial charge in [0.05, 0.1) is 0 Å². The number of nitrogens with one attached hydrogen (secondary N) is 1. The molecule has 2 heteroatoms. The lowest BCUT2D eigenvalue weighted by atomic mass is 9.88. The van der Waals surface area contributed by atoms with Gasteiger partial charge in [-0.05, 0) is 59.8 Å². The van der Waals surface area contributed by atoms with Gasteiger partial charge in [-0.15, -0.1) is 0 Å². The normalized spacial score (nSPS) is 13.9. The Morgan fingerprint density at radius 3 is 2.40 bits per heavy atom. The largest absolute Gasteiger partial charge is 0.378 e. The van der Waals surface area contributed by atoms with Gasteiger partial charge in [0.1, 0.15) is 0 Å². The summed E-state index contributed by atoms with van der Waals surface area (Å²) < 4.78 is 0. The third kappa shape index (κ3) is 2.32. The Balaban J connectivity index is 2.06. The van der Waals surface area contributed by atoms with Crippen LogP contribution in [-0.4, -0.2) is 20.6 Å². The molecule has 0 radical (unpaired) electrons. The second-order valence-corrected chi connectivity index (χ2v) is 5.76. The third-order valence-electron chi connectivity index (χ3n) is 4.21. The van der Waals surface area contributed by atoms with Gasteiger partial charge in [0.2, 0.25) is 0 Å². The Morgan fingerprint density at radius 2 is 1.70 bits per heavy atom. The Hall–Kier alpha value is -1.80. The van der Waals surface area contributed by atoms with Gasteiger partial charge in [0, 0.05) is 26.3 Å². The molecular formula is C18H22N2. The molecule has 0 atom stereocenters. The second-order valence-electron chi connectivity index (χ2n) is 5.76. The van der Waals surface area contributed by atoms with Crippen molar-refractivity contribution in [3.63, 3.8) is 0 Å². The lowest BCUT2D eigenvalue weighted by Gasteiger charge is -2.23. The topological polar surface area (TPSA) is 15.3 Å². The highest BCUT2D eigenvalue weighted by Gasteiger charge is 2.15. The fourth-order valence-electron chi connectivity index (χ4n) is 2.98. The molecule has 0 amide bonds. The molecule has 0 aliphatic carbocycles. The zero-order chi connectivity index (χ0) is 14.1. The molecule has 2 aromatic carbocycles. The van der Waals surface area contributed by atoms with E-state index in [9.17, 15) is 0 Å². The maximum absolute atomic E-state index is 3.48. The molecule has 0 unspecified atom stereocenters. The van der Waals surface area contributed by atoms with Crippen LogP contribution in [0.4, 0.5) is 5.69 Å². The molecule has 1 aliphatic heterocycles. The summed E-state index contributed by atoms with van der Waals surface area (Å²) in [5.41, 5.74) is 8.40. The molecule has 0 bridgehead atoms. The number of hydrogen-bond acceptors (Lipinski definition) is 2. The van der Waals surface area contributed by atoms with E-state index in [1.807, 2.05) is 0 Å². The van der Waals surface area contributed by atoms with Crippen LogP contribution >= 0.6 is 0 Å². The van der Waals surface area contributed by atoms with Crippen LogP contribution in [0, 0.1) is 6.92 Å². The van der Waals surface area contributed by atoms with Gasteiger partial charge in [0.15, 0.2) is 0 Å². The fourth-order valence-corrected chi connectivity index (χ4v) is 2.98. The number of benzene rings is 2. The molecule has 0 spiro atoms. The highest BCUT2D eigenvalue weighted by Crippen LogP contribution is 2.31. The number of fused-ring (bicyclic) bond motifs is 1. The van der Waals surface area contributed by atoms with Crippen molar-refractivity contribution in [1.82, 2.24) is 5.32 Å². The van der Waals surface area contributed by atoms with E-state index in [1.54, 1.807) is 0 Å². The molecule has 2 aromatic rings. The van der Waals surface area contributed by atoms with Crippen LogP contribution < -0.4 is 10.2 Å². The van der Waals surface area contributed by atoms with Gasteiger partial charge in [0.25, 0.3) is 0 Å². The average Bonchev–Trinajstić information content (AvgIpc) is 2.48. The van der Waals surface area contributed by atoms with Crippen LogP contribution in [0.15, 0.2) is 36.4 Å². The SMILES string of the molecule is Cc1ccc(-c2ccc(N(C)C)cc2)c2c1CNCC2. The van der Waals surface area contributed by atoms with Crippen LogP contribution in [0.25, 0.3) is 11.1 Å². The summed E-state index contributed by atoms with van der Waals surface area (Å²) in [4.78, 5) is 2.14. The number of nitrogens with zero attached hydrogens (tertiary/aromatic N) is 1. The lowest BCUT2D eigenvalue weighted by molar-refractivity contribution is 0.641. The number of anilines is 1. The minimum Gasteiger partial charge on any atom is -0.378 e. The minimum absolute atomic E-state index is 1.00. The predicted octanol–water partition coefficient (Wildman–Crippen LogP) is 3.37. The Kier molecular flexibility index (Phi) is 3.49. The van der Waals surface area contributed by atoms with E-state index >= 15 is 0 Å². The maximum Gasteiger partial charge on any atom is 0.0361 e. The maximum atomic E-state index is 3.48. The van der Waals surface area contributed by atoms with E-state index < -0.39 is 0 Å². The van der Waals surface area contributed by atoms with E-state index in [4.69, 9.17) is 0 Å². The van der Waals surface area contributed by atoms with Crippen LogP contribution in [0.5, 0.6) is 0 Å². The molecule has 1 heterocycles. The predicted molar refractivity (Wildman–Crippen MR) is 86.4 cm³/mol. The van der Waals surface area contributed by atoms with E-state index in [1.165, 1.54) is 33.5 Å². The van der Waals surface area contributed by atoms with Crippen molar-refractivity contribution >= 4 is 5.69 Å². The quantitative estimate of drug-likeness (QED) is 0.896. The summed E-state index contributed by atoms with van der Waals surface area (Å²) in [6, 6.07) is 13.4. The molecule has 2 nitrogen and oxygen atoms in total. The van der Waals surface area contributed by atoms with Crippen LogP contribution in [0.2, 0.25) is 0 Å². The first-order valence-corrected chi connectivity index (χ1v) is 7.26. The monoisotopic (exact) mass is 266 g/mol. The summed E-state index contributed by atoms with van der Waals surface area (Å²) in [7, 11) is 4.16. The summed E-state index contributed by atoms with van der Waals surface area (Å²) >= 11 is 0. The van der Waals surface area contributed by atoms with Crippen LogP contribution in [-0.2, 0) is 13.0 Å². The first kappa shape index (κ1) is 13.2. The van der Waals surface area contributed by atoms with Crippen LogP contribution in [0.3, 0.4) is 0 Å². The van der Waals surface area contributed by atoms with E-state index in [-0.39, 0.29) is 0 Å². The van der Waals surface area contributed by atoms with E-state index in [0.29, 0.717) is 0 Å². The van der Waals surface area contributed by atoms with Gasteiger partial charge >= 0.3 is 0 Å². The third-order valence-corrected chi connectivity index (χ3v) is 4.21. The zero-order valence-corrected chi connectivity index (χ0v) is 12.5. The van der Waals surface area contributed by atoms with Crippen molar-refractivity contribution < 1.29 is 0 Å². The minimum atomic E-state index is 1.00. The van der Waals surface area contributed by atoms with Crippen molar-refractivity contribution in [2.45, 2.75) is 19.9 Å². The summed E-state index contributed by atoms with van der Waals surface area (Å²) in [5, 5.41) is 3.48. The summed E-state index contributed by atoms with van der Waals surface area (Å²) in [6.07, 6.45) is 1.13. The van der Waals surface area contributed by atoms with Gasteiger partial charge in [-0.2, -0.15) is 0 Å². The van der Waals surface area contributed by atoms with Gasteiger partial charge in [-0.1, -0.05) is 24.3 Å². The molecule has 1 aliphatic rings. The Labute approximate surface area is 121 Å². The lowest BCUT2D eigenvalue weighted by Crippen LogP contribution is -2.25. The van der Waals surface area contributed by atoms with Crippen molar-refractivity contribution in [2.75, 3.05) is 25.5 Å². The van der Waals surface area contributed by atoms with Gasteiger partial charge < -0.3 is 10.2 Å². The summed E-state index contributed by atoms with van der Waals surface area (Å²) in [6.45, 7) is 4.30. The Bertz CT molecular complexity index is 612. The Morgan fingerprint density at radius 1 is 0.950 bits per heavy atom. The van der Waals surface area contributed by atoms with Crippen molar-refractivity contribution in [3.8, 4) is 11.1 Å². The standard InChI is InChI=1S/C18H22N2/c1-13-4-9-16(17-10-11-19-12-18(13)17)14-5-7-15(8-6-14)20(2)3/h4-9,19H,10-12H2,1-3H3. The molecule has 0 fully saturated rings. The first-order valence-electron chi connectivity index (χ1n) is 7.26. The number of aryl methyl sites for hydroxylation is 1. The van der Waals surface area contributed by atoms with Crippen molar-refractivity contribution in [3.05, 3.63) is 53.1 Å². The first-order chi connectivity index (χ1) is 9.66. The second kappa shape index (κ2) is 5.29. The molecule has 1 N–H and O–H groups in total. The van der Waals surface area contributed by atoms with E-state index in [2.05, 4.69) is 67.6 Å². The average molecular weight is 266 g/mol. The number of hydrogen-bond donors (Lipinski definition) is 1. The van der Waals surface area contributed by atoms with Crippen LogP contribution in [0.1, 0.15) is 16.7 Å². The summed E-state index contributed by atoms with van der Waals surface area (Å²) in [5.74, 6) is 0. The molecule has 0 saturated carbocycles. The molecular weight excluding hydrogens is 244 g/mol. The highest BCUT2D eigenvalue weighted by atomic mass is 15.1. The molecule has 20 heavy (non-hydrogen) atoms. The van der Waals surface area contributed by atoms with Crippen molar-refractivity contribution in [2.24, 2.45) is 0 Å². The van der Waals surface area contributed by atoms with Crippen molar-refractivity contribution in [1.29, 1.82) is 0 Å². The smallest absolute Gasteiger partial charge is 0.0361 e. The molecule has 0 aromatic heterocycles. The zero-order valence-electron chi connectivity index (χ0n) is 12.5. The molecule has 104 valence electrons. The molecule has 0 saturated heterocycles. The highest BCUT2D eigenvalue weighted by molar-refractivity contribution is 5.71. The molecule has 3 rings (SSSR count). The van der Waals surface area contributed by atoms with Gasteiger partial charge in [-0.25, -0.2) is 0 Å².